The number of carbonyl (C=O) groups excluding carboxylic acids is 1. The summed E-state index contributed by atoms with van der Waals surface area (Å²) in [5.41, 5.74) is 1.12. The largest absolute Gasteiger partial charge is 0.381 e. The van der Waals surface area contributed by atoms with Crippen LogP contribution in [0.15, 0.2) is 28.7 Å². The lowest BCUT2D eigenvalue weighted by Crippen LogP contribution is -2.35. The highest BCUT2D eigenvalue weighted by atomic mass is 79.9. The van der Waals surface area contributed by atoms with Crippen LogP contribution in [-0.2, 0) is 9.53 Å². The first kappa shape index (κ1) is 13.6. The summed E-state index contributed by atoms with van der Waals surface area (Å²) in [7, 11) is 0. The van der Waals surface area contributed by atoms with Crippen molar-refractivity contribution in [2.24, 2.45) is 5.92 Å². The molecular formula is C14H18BrNO2. The van der Waals surface area contributed by atoms with Crippen LogP contribution in [0.1, 0.15) is 31.4 Å². The third kappa shape index (κ3) is 3.56. The third-order valence-corrected chi connectivity index (χ3v) is 3.79. The van der Waals surface area contributed by atoms with E-state index >= 15 is 0 Å². The Bertz CT molecular complexity index is 416. The van der Waals surface area contributed by atoms with Crippen molar-refractivity contribution in [1.29, 1.82) is 0 Å². The Kier molecular flexibility index (Phi) is 4.78. The molecule has 98 valence electrons. The number of benzene rings is 1. The van der Waals surface area contributed by atoms with Crippen LogP contribution < -0.4 is 5.32 Å². The van der Waals surface area contributed by atoms with Gasteiger partial charge in [0.05, 0.1) is 6.04 Å². The lowest BCUT2D eigenvalue weighted by Gasteiger charge is -2.23. The molecule has 1 heterocycles. The second-order valence-corrected chi connectivity index (χ2v) is 5.59. The molecule has 0 radical (unpaired) electrons. The Labute approximate surface area is 116 Å². The average Bonchev–Trinajstić information content (AvgIpc) is 2.39. The quantitative estimate of drug-likeness (QED) is 0.931. The fourth-order valence-corrected chi connectivity index (χ4v) is 2.57. The molecule has 1 aliphatic heterocycles. The van der Waals surface area contributed by atoms with Gasteiger partial charge in [-0.1, -0.05) is 28.1 Å². The molecule has 1 aliphatic rings. The standard InChI is InChI=1S/C14H18BrNO2/c1-10(12-3-2-4-13(15)9-12)16-14(17)11-5-7-18-8-6-11/h2-4,9-11H,5-8H2,1H3,(H,16,17)/t10-/m0/s1. The Hall–Kier alpha value is -0.870. The molecule has 0 aliphatic carbocycles. The van der Waals surface area contributed by atoms with E-state index in [1.165, 1.54) is 0 Å². The number of ether oxygens (including phenoxy) is 1. The lowest BCUT2D eigenvalue weighted by atomic mass is 9.98. The van der Waals surface area contributed by atoms with Crippen LogP contribution in [0.25, 0.3) is 0 Å². The van der Waals surface area contributed by atoms with Crippen LogP contribution in [-0.4, -0.2) is 19.1 Å². The Balaban J connectivity index is 1.94. The normalized spacial score (nSPS) is 18.3. The summed E-state index contributed by atoms with van der Waals surface area (Å²) in [5, 5.41) is 3.08. The first-order valence-electron chi connectivity index (χ1n) is 6.30. The molecule has 1 saturated heterocycles. The van der Waals surface area contributed by atoms with Gasteiger partial charge in [0.1, 0.15) is 0 Å². The van der Waals surface area contributed by atoms with E-state index in [2.05, 4.69) is 21.2 Å². The van der Waals surface area contributed by atoms with Crippen molar-refractivity contribution >= 4 is 21.8 Å². The molecule has 2 rings (SSSR count). The molecule has 1 N–H and O–H groups in total. The molecular weight excluding hydrogens is 294 g/mol. The second kappa shape index (κ2) is 6.34. The maximum atomic E-state index is 12.1. The summed E-state index contributed by atoms with van der Waals surface area (Å²) in [6.45, 7) is 3.41. The molecule has 1 aromatic rings. The SMILES string of the molecule is C[C@H](NC(=O)C1CCOCC1)c1cccc(Br)c1. The zero-order chi connectivity index (χ0) is 13.0. The van der Waals surface area contributed by atoms with Crippen LogP contribution in [0.3, 0.4) is 0 Å². The molecule has 0 aromatic heterocycles. The van der Waals surface area contributed by atoms with Crippen LogP contribution >= 0.6 is 15.9 Å². The van der Waals surface area contributed by atoms with Crippen molar-refractivity contribution < 1.29 is 9.53 Å². The van der Waals surface area contributed by atoms with E-state index < -0.39 is 0 Å². The summed E-state index contributed by atoms with van der Waals surface area (Å²) in [6, 6.07) is 8.07. The zero-order valence-corrected chi connectivity index (χ0v) is 12.1. The molecule has 1 amide bonds. The third-order valence-electron chi connectivity index (χ3n) is 3.30. The van der Waals surface area contributed by atoms with Gasteiger partial charge in [0.2, 0.25) is 5.91 Å². The number of amides is 1. The predicted molar refractivity (Wildman–Crippen MR) is 74.2 cm³/mol. The van der Waals surface area contributed by atoms with E-state index in [1.54, 1.807) is 0 Å². The Morgan fingerprint density at radius 3 is 2.83 bits per heavy atom. The maximum Gasteiger partial charge on any atom is 0.223 e. The molecule has 4 heteroatoms. The van der Waals surface area contributed by atoms with E-state index in [-0.39, 0.29) is 17.9 Å². The van der Waals surface area contributed by atoms with Crippen LogP contribution in [0.5, 0.6) is 0 Å². The molecule has 1 aromatic carbocycles. The van der Waals surface area contributed by atoms with Crippen LogP contribution in [0.2, 0.25) is 0 Å². The summed E-state index contributed by atoms with van der Waals surface area (Å²) in [4.78, 5) is 12.1. The minimum absolute atomic E-state index is 0.0397. The van der Waals surface area contributed by atoms with E-state index in [9.17, 15) is 4.79 Å². The topological polar surface area (TPSA) is 38.3 Å². The van der Waals surface area contributed by atoms with Crippen molar-refractivity contribution in [3.63, 3.8) is 0 Å². The maximum absolute atomic E-state index is 12.1. The smallest absolute Gasteiger partial charge is 0.223 e. The first-order chi connectivity index (χ1) is 8.66. The number of nitrogens with one attached hydrogen (secondary N) is 1. The molecule has 3 nitrogen and oxygen atoms in total. The number of rotatable bonds is 3. The zero-order valence-electron chi connectivity index (χ0n) is 10.5. The molecule has 1 atom stereocenters. The molecule has 18 heavy (non-hydrogen) atoms. The summed E-state index contributed by atoms with van der Waals surface area (Å²) < 4.78 is 6.30. The van der Waals surface area contributed by atoms with E-state index in [0.29, 0.717) is 13.2 Å². The number of halogens is 1. The summed E-state index contributed by atoms with van der Waals surface area (Å²) in [6.07, 6.45) is 1.66. The summed E-state index contributed by atoms with van der Waals surface area (Å²) in [5.74, 6) is 0.249. The van der Waals surface area contributed by atoms with Gasteiger partial charge in [0, 0.05) is 23.6 Å². The number of carbonyl (C=O) groups is 1. The fourth-order valence-electron chi connectivity index (χ4n) is 2.15. The van der Waals surface area contributed by atoms with Gasteiger partial charge in [-0.05, 0) is 37.5 Å². The molecule has 0 unspecified atom stereocenters. The van der Waals surface area contributed by atoms with E-state index in [1.807, 2.05) is 31.2 Å². The van der Waals surface area contributed by atoms with Gasteiger partial charge in [-0.25, -0.2) is 0 Å². The Morgan fingerprint density at radius 1 is 1.44 bits per heavy atom. The molecule has 0 spiro atoms. The number of hydrogen-bond acceptors (Lipinski definition) is 2. The minimum atomic E-state index is 0.0397. The molecule has 0 saturated carbocycles. The highest BCUT2D eigenvalue weighted by molar-refractivity contribution is 9.10. The van der Waals surface area contributed by atoms with Gasteiger partial charge in [-0.2, -0.15) is 0 Å². The molecule has 1 fully saturated rings. The van der Waals surface area contributed by atoms with E-state index in [4.69, 9.17) is 4.74 Å². The van der Waals surface area contributed by atoms with Crippen molar-refractivity contribution in [2.45, 2.75) is 25.8 Å². The van der Waals surface area contributed by atoms with Crippen LogP contribution in [0.4, 0.5) is 0 Å². The van der Waals surface area contributed by atoms with Gasteiger partial charge in [0.25, 0.3) is 0 Å². The van der Waals surface area contributed by atoms with Gasteiger partial charge in [-0.15, -0.1) is 0 Å². The van der Waals surface area contributed by atoms with Gasteiger partial charge in [-0.3, -0.25) is 4.79 Å². The molecule has 0 bridgehead atoms. The first-order valence-corrected chi connectivity index (χ1v) is 7.09. The van der Waals surface area contributed by atoms with Crippen LogP contribution in [0, 0.1) is 5.92 Å². The second-order valence-electron chi connectivity index (χ2n) is 4.67. The lowest BCUT2D eigenvalue weighted by molar-refractivity contribution is -0.128. The van der Waals surface area contributed by atoms with Gasteiger partial charge >= 0.3 is 0 Å². The minimum Gasteiger partial charge on any atom is -0.381 e. The van der Waals surface area contributed by atoms with E-state index in [0.717, 1.165) is 22.9 Å². The summed E-state index contributed by atoms with van der Waals surface area (Å²) >= 11 is 3.44. The predicted octanol–water partition coefficient (Wildman–Crippen LogP) is 3.05. The fraction of sp³-hybridized carbons (Fsp3) is 0.500. The Morgan fingerprint density at radius 2 is 2.17 bits per heavy atom. The highest BCUT2D eigenvalue weighted by Gasteiger charge is 2.22. The van der Waals surface area contributed by atoms with Crippen molar-refractivity contribution in [1.82, 2.24) is 5.32 Å². The number of hydrogen-bond donors (Lipinski definition) is 1. The van der Waals surface area contributed by atoms with Crippen molar-refractivity contribution in [3.05, 3.63) is 34.3 Å². The monoisotopic (exact) mass is 311 g/mol. The van der Waals surface area contributed by atoms with Crippen molar-refractivity contribution in [3.8, 4) is 0 Å². The van der Waals surface area contributed by atoms with Crippen molar-refractivity contribution in [2.75, 3.05) is 13.2 Å². The van der Waals surface area contributed by atoms with Gasteiger partial charge < -0.3 is 10.1 Å². The highest BCUT2D eigenvalue weighted by Crippen LogP contribution is 2.20. The van der Waals surface area contributed by atoms with Gasteiger partial charge in [0.15, 0.2) is 0 Å². The average molecular weight is 312 g/mol.